The third kappa shape index (κ3) is 2.97. The van der Waals surface area contributed by atoms with Gasteiger partial charge in [0.1, 0.15) is 4.34 Å². The van der Waals surface area contributed by atoms with Crippen molar-refractivity contribution in [2.45, 2.75) is 17.2 Å². The van der Waals surface area contributed by atoms with Crippen LogP contribution in [0.1, 0.15) is 12.8 Å². The average Bonchev–Trinajstić information content (AvgIpc) is 2.69. The number of nitrogens with one attached hydrogen (secondary N) is 1. The Morgan fingerprint density at radius 3 is 3.08 bits per heavy atom. The lowest BCUT2D eigenvalue weighted by Crippen LogP contribution is -2.28. The van der Waals surface area contributed by atoms with Gasteiger partial charge in [-0.25, -0.2) is 4.98 Å². The lowest BCUT2D eigenvalue weighted by molar-refractivity contribution is 0.408. The van der Waals surface area contributed by atoms with Gasteiger partial charge >= 0.3 is 0 Å². The lowest BCUT2D eigenvalue weighted by atomic mass is 10.0. The summed E-state index contributed by atoms with van der Waals surface area (Å²) in [4.78, 5) is 4.27. The minimum atomic E-state index is 0.898. The number of aromatic nitrogens is 1. The molecule has 4 heteroatoms. The largest absolute Gasteiger partial charge is 0.317 e. The van der Waals surface area contributed by atoms with E-state index in [1.807, 2.05) is 23.3 Å². The van der Waals surface area contributed by atoms with Crippen LogP contribution in [0.5, 0.6) is 0 Å². The summed E-state index contributed by atoms with van der Waals surface area (Å²) in [6.07, 6.45) is 4.55. The lowest BCUT2D eigenvalue weighted by Gasteiger charge is -2.21. The molecule has 0 atom stereocenters. The average molecular weight is 214 g/mol. The topological polar surface area (TPSA) is 24.9 Å². The molecule has 13 heavy (non-hydrogen) atoms. The van der Waals surface area contributed by atoms with Gasteiger partial charge in [-0.15, -0.1) is 11.3 Å². The summed E-state index contributed by atoms with van der Waals surface area (Å²) in [7, 11) is 0. The number of nitrogens with zero attached hydrogens (tertiary/aromatic N) is 1. The van der Waals surface area contributed by atoms with Crippen LogP contribution < -0.4 is 5.32 Å². The van der Waals surface area contributed by atoms with E-state index in [2.05, 4.69) is 10.3 Å². The minimum Gasteiger partial charge on any atom is -0.317 e. The van der Waals surface area contributed by atoms with Crippen LogP contribution in [-0.4, -0.2) is 23.8 Å². The molecule has 72 valence electrons. The summed E-state index contributed by atoms with van der Waals surface area (Å²) < 4.78 is 1.22. The van der Waals surface area contributed by atoms with Crippen LogP contribution in [0.15, 0.2) is 15.9 Å². The first kappa shape index (κ1) is 9.49. The predicted octanol–water partition coefficient (Wildman–Crippen LogP) is 2.23. The van der Waals surface area contributed by atoms with E-state index in [1.54, 1.807) is 11.3 Å². The molecule has 1 aliphatic rings. The Morgan fingerprint density at radius 2 is 2.38 bits per heavy atom. The van der Waals surface area contributed by atoms with Crippen molar-refractivity contribution >= 4 is 23.1 Å². The highest BCUT2D eigenvalue weighted by Gasteiger charge is 2.13. The van der Waals surface area contributed by atoms with Gasteiger partial charge in [0.25, 0.3) is 0 Å². The second-order valence-electron chi connectivity index (χ2n) is 3.30. The SMILES string of the molecule is c1csc(SCC2CCNCC2)n1. The number of thioether (sulfide) groups is 1. The smallest absolute Gasteiger partial charge is 0.149 e. The van der Waals surface area contributed by atoms with Crippen LogP contribution in [-0.2, 0) is 0 Å². The van der Waals surface area contributed by atoms with Crippen LogP contribution in [0.3, 0.4) is 0 Å². The molecular formula is C9H14N2S2. The molecule has 0 saturated carbocycles. The van der Waals surface area contributed by atoms with E-state index in [9.17, 15) is 0 Å². The van der Waals surface area contributed by atoms with E-state index >= 15 is 0 Å². The second-order valence-corrected chi connectivity index (χ2v) is 5.46. The Hall–Kier alpha value is -0.0600. The van der Waals surface area contributed by atoms with Crippen molar-refractivity contribution in [3.8, 4) is 0 Å². The molecule has 1 aromatic rings. The monoisotopic (exact) mass is 214 g/mol. The summed E-state index contributed by atoms with van der Waals surface area (Å²) in [5, 5.41) is 5.43. The molecule has 0 spiro atoms. The third-order valence-electron chi connectivity index (χ3n) is 2.31. The molecule has 2 rings (SSSR count). The normalized spacial score (nSPS) is 19.1. The van der Waals surface area contributed by atoms with Crippen LogP contribution in [0.25, 0.3) is 0 Å². The maximum atomic E-state index is 4.27. The standard InChI is InChI=1S/C9H14N2S2/c1-3-10-4-2-8(1)7-13-9-11-5-6-12-9/h5-6,8,10H,1-4,7H2. The highest BCUT2D eigenvalue weighted by Crippen LogP contribution is 2.25. The van der Waals surface area contributed by atoms with E-state index < -0.39 is 0 Å². The maximum absolute atomic E-state index is 4.27. The molecule has 0 aliphatic carbocycles. The molecule has 0 bridgehead atoms. The fourth-order valence-electron chi connectivity index (χ4n) is 1.52. The van der Waals surface area contributed by atoms with E-state index in [-0.39, 0.29) is 0 Å². The Morgan fingerprint density at radius 1 is 1.54 bits per heavy atom. The molecule has 2 nitrogen and oxygen atoms in total. The molecule has 0 radical (unpaired) electrons. The number of piperidine rings is 1. The second kappa shape index (κ2) is 4.98. The predicted molar refractivity (Wildman–Crippen MR) is 58.4 cm³/mol. The van der Waals surface area contributed by atoms with Gasteiger partial charge in [0.2, 0.25) is 0 Å². The third-order valence-corrected chi connectivity index (χ3v) is 4.51. The zero-order chi connectivity index (χ0) is 8.93. The summed E-state index contributed by atoms with van der Waals surface area (Å²) in [5.74, 6) is 2.14. The summed E-state index contributed by atoms with van der Waals surface area (Å²) in [5.41, 5.74) is 0. The van der Waals surface area contributed by atoms with E-state index in [0.29, 0.717) is 0 Å². The van der Waals surface area contributed by atoms with Gasteiger partial charge in [0.05, 0.1) is 0 Å². The van der Waals surface area contributed by atoms with Gasteiger partial charge in [-0.2, -0.15) is 0 Å². The first-order valence-electron chi connectivity index (χ1n) is 4.68. The number of hydrogen-bond donors (Lipinski definition) is 1. The van der Waals surface area contributed by atoms with Crippen LogP contribution >= 0.6 is 23.1 Å². The minimum absolute atomic E-state index is 0.898. The van der Waals surface area contributed by atoms with Gasteiger partial charge in [0, 0.05) is 17.3 Å². The van der Waals surface area contributed by atoms with Crippen LogP contribution in [0.2, 0.25) is 0 Å². The Balaban J connectivity index is 1.72. The Bertz CT molecular complexity index is 230. The van der Waals surface area contributed by atoms with Gasteiger partial charge in [0.15, 0.2) is 0 Å². The zero-order valence-corrected chi connectivity index (χ0v) is 9.16. The molecule has 1 aromatic heterocycles. The summed E-state index contributed by atoms with van der Waals surface area (Å²) >= 11 is 3.66. The van der Waals surface area contributed by atoms with Gasteiger partial charge in [-0.05, 0) is 31.8 Å². The Kier molecular flexibility index (Phi) is 3.64. The molecule has 1 fully saturated rings. The zero-order valence-electron chi connectivity index (χ0n) is 7.53. The van der Waals surface area contributed by atoms with Gasteiger partial charge < -0.3 is 5.32 Å². The molecule has 0 amide bonds. The molecular weight excluding hydrogens is 200 g/mol. The maximum Gasteiger partial charge on any atom is 0.149 e. The first-order valence-corrected chi connectivity index (χ1v) is 6.54. The number of hydrogen-bond acceptors (Lipinski definition) is 4. The van der Waals surface area contributed by atoms with Crippen molar-refractivity contribution in [3.05, 3.63) is 11.6 Å². The first-order chi connectivity index (χ1) is 6.45. The summed E-state index contributed by atoms with van der Waals surface area (Å²) in [6.45, 7) is 2.40. The number of thiazole rings is 1. The van der Waals surface area contributed by atoms with Crippen molar-refractivity contribution < 1.29 is 0 Å². The number of rotatable bonds is 3. The fourth-order valence-corrected chi connectivity index (χ4v) is 3.37. The molecule has 1 N–H and O–H groups in total. The van der Waals surface area contributed by atoms with Crippen molar-refractivity contribution in [3.63, 3.8) is 0 Å². The molecule has 1 aliphatic heterocycles. The molecule has 0 aromatic carbocycles. The molecule has 1 saturated heterocycles. The van der Waals surface area contributed by atoms with Crippen molar-refractivity contribution in [1.82, 2.24) is 10.3 Å². The van der Waals surface area contributed by atoms with Crippen LogP contribution in [0.4, 0.5) is 0 Å². The Labute approximate surface area is 87.1 Å². The van der Waals surface area contributed by atoms with Crippen molar-refractivity contribution in [1.29, 1.82) is 0 Å². The van der Waals surface area contributed by atoms with Gasteiger partial charge in [-0.3, -0.25) is 0 Å². The van der Waals surface area contributed by atoms with Crippen molar-refractivity contribution in [2.75, 3.05) is 18.8 Å². The fraction of sp³-hybridized carbons (Fsp3) is 0.667. The molecule has 0 unspecified atom stereocenters. The summed E-state index contributed by atoms with van der Waals surface area (Å²) in [6, 6.07) is 0. The van der Waals surface area contributed by atoms with Crippen LogP contribution in [0, 0.1) is 5.92 Å². The highest BCUT2D eigenvalue weighted by atomic mass is 32.2. The quantitative estimate of drug-likeness (QED) is 0.781. The highest BCUT2D eigenvalue weighted by molar-refractivity contribution is 8.01. The van der Waals surface area contributed by atoms with Gasteiger partial charge in [-0.1, -0.05) is 11.8 Å². The van der Waals surface area contributed by atoms with E-state index in [0.717, 1.165) is 5.92 Å². The molecule has 2 heterocycles. The van der Waals surface area contributed by atoms with E-state index in [4.69, 9.17) is 0 Å². The van der Waals surface area contributed by atoms with Crippen molar-refractivity contribution in [2.24, 2.45) is 5.92 Å². The van der Waals surface area contributed by atoms with E-state index in [1.165, 1.54) is 36.0 Å².